The van der Waals surface area contributed by atoms with E-state index in [0.717, 1.165) is 32.5 Å². The molecule has 1 aromatic rings. The number of amides is 2. The Morgan fingerprint density at radius 1 is 1.36 bits per heavy atom. The standard InChI is InChI=1S/C19H28FN3O2/c1-13(18-15(20)7-4-8-17(18)25-3)21-19(24)23-10-5-6-14-12-22(2)11-9-16(14)23/h4,7-8,13-14,16H,5-6,9-12H2,1-3H3,(H,21,24)/t13-,14-,16-/m0/s1. The van der Waals surface area contributed by atoms with Gasteiger partial charge in [0.2, 0.25) is 0 Å². The van der Waals surface area contributed by atoms with Gasteiger partial charge in [-0.1, -0.05) is 6.07 Å². The normalized spacial score (nSPS) is 25.2. The lowest BCUT2D eigenvalue weighted by atomic mass is 9.84. The van der Waals surface area contributed by atoms with Crippen molar-refractivity contribution < 1.29 is 13.9 Å². The lowest BCUT2D eigenvalue weighted by Crippen LogP contribution is -2.57. The summed E-state index contributed by atoms with van der Waals surface area (Å²) in [6.07, 6.45) is 3.21. The minimum absolute atomic E-state index is 0.0999. The Labute approximate surface area is 149 Å². The molecule has 3 rings (SSSR count). The van der Waals surface area contributed by atoms with E-state index in [-0.39, 0.29) is 11.8 Å². The van der Waals surface area contributed by atoms with E-state index >= 15 is 0 Å². The molecule has 5 nitrogen and oxygen atoms in total. The first-order valence-corrected chi connectivity index (χ1v) is 9.09. The van der Waals surface area contributed by atoms with Gasteiger partial charge in [-0.25, -0.2) is 9.18 Å². The molecule has 0 radical (unpaired) electrons. The second-order valence-corrected chi connectivity index (χ2v) is 7.24. The minimum atomic E-state index is -0.449. The van der Waals surface area contributed by atoms with E-state index in [1.165, 1.54) is 19.6 Å². The van der Waals surface area contributed by atoms with Crippen LogP contribution < -0.4 is 10.1 Å². The summed E-state index contributed by atoms with van der Waals surface area (Å²) in [6, 6.07) is 4.47. The maximum absolute atomic E-state index is 14.2. The largest absolute Gasteiger partial charge is 0.496 e. The van der Waals surface area contributed by atoms with Crippen molar-refractivity contribution in [1.29, 1.82) is 0 Å². The quantitative estimate of drug-likeness (QED) is 0.912. The van der Waals surface area contributed by atoms with Crippen LogP contribution in [0.2, 0.25) is 0 Å². The highest BCUT2D eigenvalue weighted by atomic mass is 19.1. The van der Waals surface area contributed by atoms with Gasteiger partial charge in [0.05, 0.1) is 18.7 Å². The third-order valence-electron chi connectivity index (χ3n) is 5.54. The molecule has 2 aliphatic rings. The highest BCUT2D eigenvalue weighted by Crippen LogP contribution is 2.31. The Morgan fingerprint density at radius 2 is 2.16 bits per heavy atom. The maximum Gasteiger partial charge on any atom is 0.318 e. The number of carbonyl (C=O) groups excluding carboxylic acids is 1. The van der Waals surface area contributed by atoms with Crippen LogP contribution in [0.3, 0.4) is 0 Å². The number of ether oxygens (including phenoxy) is 1. The number of rotatable bonds is 3. The van der Waals surface area contributed by atoms with Gasteiger partial charge in [-0.05, 0) is 57.8 Å². The summed E-state index contributed by atoms with van der Waals surface area (Å²) in [6.45, 7) is 4.64. The van der Waals surface area contributed by atoms with Crippen LogP contribution in [-0.2, 0) is 0 Å². The van der Waals surface area contributed by atoms with Gasteiger partial charge in [-0.15, -0.1) is 0 Å². The van der Waals surface area contributed by atoms with E-state index in [1.807, 2.05) is 4.90 Å². The molecule has 2 aliphatic heterocycles. The van der Waals surface area contributed by atoms with Gasteiger partial charge in [0.1, 0.15) is 11.6 Å². The van der Waals surface area contributed by atoms with Gasteiger partial charge in [0, 0.05) is 19.1 Å². The van der Waals surface area contributed by atoms with E-state index in [2.05, 4.69) is 17.3 Å². The molecule has 25 heavy (non-hydrogen) atoms. The van der Waals surface area contributed by atoms with Crippen LogP contribution in [0, 0.1) is 11.7 Å². The molecular formula is C19H28FN3O2. The number of halogens is 1. The highest BCUT2D eigenvalue weighted by molar-refractivity contribution is 5.75. The lowest BCUT2D eigenvalue weighted by molar-refractivity contribution is 0.0525. The molecule has 3 atom stereocenters. The molecule has 0 bridgehead atoms. The summed E-state index contributed by atoms with van der Waals surface area (Å²) >= 11 is 0. The van der Waals surface area contributed by atoms with E-state index < -0.39 is 6.04 Å². The van der Waals surface area contributed by atoms with Crippen LogP contribution in [0.15, 0.2) is 18.2 Å². The zero-order valence-corrected chi connectivity index (χ0v) is 15.3. The van der Waals surface area contributed by atoms with Gasteiger partial charge in [0.15, 0.2) is 0 Å². The van der Waals surface area contributed by atoms with E-state index in [1.54, 1.807) is 19.1 Å². The SMILES string of the molecule is COc1cccc(F)c1[C@H](C)NC(=O)N1CCC[C@H]2CN(C)CC[C@@H]21. The number of nitrogens with one attached hydrogen (secondary N) is 1. The van der Waals surface area contributed by atoms with E-state index in [9.17, 15) is 9.18 Å². The van der Waals surface area contributed by atoms with Crippen LogP contribution in [-0.4, -0.2) is 55.7 Å². The van der Waals surface area contributed by atoms with Gasteiger partial charge in [-0.2, -0.15) is 0 Å². The van der Waals surface area contributed by atoms with Gasteiger partial charge < -0.3 is 19.9 Å². The van der Waals surface area contributed by atoms with Crippen LogP contribution in [0.25, 0.3) is 0 Å². The molecule has 2 amide bonds. The second kappa shape index (κ2) is 7.60. The van der Waals surface area contributed by atoms with Crippen LogP contribution >= 0.6 is 0 Å². The molecule has 138 valence electrons. The molecule has 2 saturated heterocycles. The van der Waals surface area contributed by atoms with Crippen LogP contribution in [0.1, 0.15) is 37.8 Å². The third-order valence-corrected chi connectivity index (χ3v) is 5.54. The Bertz CT molecular complexity index is 625. The van der Waals surface area contributed by atoms with Crippen molar-refractivity contribution in [3.05, 3.63) is 29.6 Å². The highest BCUT2D eigenvalue weighted by Gasteiger charge is 2.37. The van der Waals surface area contributed by atoms with Crippen molar-refractivity contribution in [2.75, 3.05) is 33.8 Å². The van der Waals surface area contributed by atoms with Crippen LogP contribution in [0.4, 0.5) is 9.18 Å². The van der Waals surface area contributed by atoms with Crippen LogP contribution in [0.5, 0.6) is 5.75 Å². The van der Waals surface area contributed by atoms with Gasteiger partial charge in [0.25, 0.3) is 0 Å². The average Bonchev–Trinajstić information content (AvgIpc) is 2.60. The minimum Gasteiger partial charge on any atom is -0.496 e. The van der Waals surface area contributed by atoms with Gasteiger partial charge >= 0.3 is 6.03 Å². The van der Waals surface area contributed by atoms with Crippen molar-refractivity contribution in [2.45, 2.75) is 38.3 Å². The molecule has 0 saturated carbocycles. The summed E-state index contributed by atoms with van der Waals surface area (Å²) in [5, 5.41) is 2.98. The number of piperidine rings is 2. The molecule has 1 N–H and O–H groups in total. The first-order valence-electron chi connectivity index (χ1n) is 9.09. The summed E-state index contributed by atoms with van der Waals surface area (Å²) < 4.78 is 19.5. The Kier molecular flexibility index (Phi) is 5.47. The summed E-state index contributed by atoms with van der Waals surface area (Å²) in [5.74, 6) is 0.642. The smallest absolute Gasteiger partial charge is 0.318 e. The van der Waals surface area contributed by atoms with Crippen molar-refractivity contribution >= 4 is 6.03 Å². The number of hydrogen-bond acceptors (Lipinski definition) is 3. The molecule has 0 aliphatic carbocycles. The number of fused-ring (bicyclic) bond motifs is 1. The van der Waals surface area contributed by atoms with Crippen molar-refractivity contribution in [2.24, 2.45) is 5.92 Å². The number of hydrogen-bond donors (Lipinski definition) is 1. The first kappa shape index (κ1) is 18.0. The fraction of sp³-hybridized carbons (Fsp3) is 0.632. The number of likely N-dealkylation sites (tertiary alicyclic amines) is 2. The maximum atomic E-state index is 14.2. The van der Waals surface area contributed by atoms with Crippen molar-refractivity contribution in [1.82, 2.24) is 15.1 Å². The Hall–Kier alpha value is -1.82. The number of carbonyl (C=O) groups is 1. The Morgan fingerprint density at radius 3 is 2.92 bits per heavy atom. The molecule has 2 fully saturated rings. The molecule has 1 aromatic carbocycles. The fourth-order valence-corrected chi connectivity index (χ4v) is 4.29. The predicted molar refractivity (Wildman–Crippen MR) is 95.2 cm³/mol. The summed E-state index contributed by atoms with van der Waals surface area (Å²) in [4.78, 5) is 17.2. The van der Waals surface area contributed by atoms with Gasteiger partial charge in [-0.3, -0.25) is 0 Å². The number of urea groups is 1. The molecule has 0 spiro atoms. The second-order valence-electron chi connectivity index (χ2n) is 7.24. The predicted octanol–water partition coefficient (Wildman–Crippen LogP) is 3.02. The van der Waals surface area contributed by atoms with E-state index in [4.69, 9.17) is 4.74 Å². The van der Waals surface area contributed by atoms with Crippen molar-refractivity contribution in [3.63, 3.8) is 0 Å². The topological polar surface area (TPSA) is 44.8 Å². The monoisotopic (exact) mass is 349 g/mol. The number of methoxy groups -OCH3 is 1. The summed E-state index contributed by atoms with van der Waals surface area (Å²) in [7, 11) is 3.66. The summed E-state index contributed by atoms with van der Waals surface area (Å²) in [5.41, 5.74) is 0.398. The number of benzene rings is 1. The molecule has 0 aromatic heterocycles. The third kappa shape index (κ3) is 3.73. The zero-order chi connectivity index (χ0) is 18.0. The molecule has 0 unspecified atom stereocenters. The van der Waals surface area contributed by atoms with E-state index in [0.29, 0.717) is 23.3 Å². The van der Waals surface area contributed by atoms with Crippen molar-refractivity contribution in [3.8, 4) is 5.75 Å². The fourth-order valence-electron chi connectivity index (χ4n) is 4.29. The zero-order valence-electron chi connectivity index (χ0n) is 15.3. The average molecular weight is 349 g/mol. The lowest BCUT2D eigenvalue weighted by Gasteiger charge is -2.46. The first-order chi connectivity index (χ1) is 12.0. The molecule has 2 heterocycles. The number of nitrogens with zero attached hydrogens (tertiary/aromatic N) is 2. The molecular weight excluding hydrogens is 321 g/mol. The Balaban J connectivity index is 1.71. The molecule has 6 heteroatoms.